The molecule has 1 aliphatic carbocycles. The van der Waals surface area contributed by atoms with Crippen LogP contribution in [0.25, 0.3) is 0 Å². The van der Waals surface area contributed by atoms with Gasteiger partial charge in [0.2, 0.25) is 5.95 Å². The summed E-state index contributed by atoms with van der Waals surface area (Å²) in [7, 11) is 0. The van der Waals surface area contributed by atoms with Crippen LogP contribution in [-0.2, 0) is 6.42 Å². The second-order valence-corrected chi connectivity index (χ2v) is 3.47. The van der Waals surface area contributed by atoms with Crippen molar-refractivity contribution in [1.29, 1.82) is 0 Å². The first-order valence-corrected chi connectivity index (χ1v) is 4.46. The Morgan fingerprint density at radius 3 is 3.07 bits per heavy atom. The average Bonchev–Trinajstić information content (AvgIpc) is 2.16. The fourth-order valence-electron chi connectivity index (χ4n) is 1.67. The van der Waals surface area contributed by atoms with Gasteiger partial charge >= 0.3 is 0 Å². The summed E-state index contributed by atoms with van der Waals surface area (Å²) in [5, 5.41) is 8.98. The Kier molecular flexibility index (Phi) is 2.17. The van der Waals surface area contributed by atoms with Gasteiger partial charge in [0, 0.05) is 19.2 Å². The standard InChI is InChI=1S/C9H11N3O2/c10-9-11-3-6-7(12-9)1-5(4-13)2-8(6)14/h3,5,13H,1-2,4H2,(H2,10,11,12). The fourth-order valence-corrected chi connectivity index (χ4v) is 1.67. The molecule has 1 heterocycles. The van der Waals surface area contributed by atoms with E-state index in [1.807, 2.05) is 0 Å². The molecule has 0 bridgehead atoms. The summed E-state index contributed by atoms with van der Waals surface area (Å²) in [6.45, 7) is 0.00902. The van der Waals surface area contributed by atoms with Gasteiger partial charge in [0.05, 0.1) is 11.3 Å². The quantitative estimate of drug-likeness (QED) is 0.644. The van der Waals surface area contributed by atoms with E-state index < -0.39 is 0 Å². The molecule has 74 valence electrons. The number of Topliss-reactive ketones (excluding diaryl/α,β-unsaturated/α-hetero) is 1. The summed E-state index contributed by atoms with van der Waals surface area (Å²) >= 11 is 0. The van der Waals surface area contributed by atoms with Gasteiger partial charge in [0.1, 0.15) is 0 Å². The zero-order valence-corrected chi connectivity index (χ0v) is 7.60. The summed E-state index contributed by atoms with van der Waals surface area (Å²) in [6.07, 6.45) is 2.44. The third-order valence-electron chi connectivity index (χ3n) is 2.40. The zero-order valence-electron chi connectivity index (χ0n) is 7.60. The van der Waals surface area contributed by atoms with Crippen molar-refractivity contribution in [3.8, 4) is 0 Å². The minimum atomic E-state index is -0.0238. The monoisotopic (exact) mass is 193 g/mol. The molecule has 3 N–H and O–H groups in total. The van der Waals surface area contributed by atoms with Crippen LogP contribution in [0.3, 0.4) is 0 Å². The van der Waals surface area contributed by atoms with Crippen LogP contribution >= 0.6 is 0 Å². The van der Waals surface area contributed by atoms with Gasteiger partial charge in [-0.3, -0.25) is 4.79 Å². The number of aromatic nitrogens is 2. The number of carbonyl (C=O) groups is 1. The van der Waals surface area contributed by atoms with Crippen LogP contribution in [0.5, 0.6) is 0 Å². The molecule has 1 aromatic rings. The van der Waals surface area contributed by atoms with Gasteiger partial charge < -0.3 is 10.8 Å². The molecule has 0 saturated carbocycles. The number of ketones is 1. The lowest BCUT2D eigenvalue weighted by atomic mass is 9.87. The van der Waals surface area contributed by atoms with Crippen molar-refractivity contribution in [2.24, 2.45) is 5.92 Å². The van der Waals surface area contributed by atoms with Crippen molar-refractivity contribution in [1.82, 2.24) is 9.97 Å². The highest BCUT2D eigenvalue weighted by Crippen LogP contribution is 2.23. The van der Waals surface area contributed by atoms with Crippen LogP contribution in [0.4, 0.5) is 5.95 Å². The number of nitrogens with two attached hydrogens (primary N) is 1. The Labute approximate surface area is 81.0 Å². The molecule has 5 nitrogen and oxygen atoms in total. The maximum absolute atomic E-state index is 11.5. The Bertz CT molecular complexity index is 378. The van der Waals surface area contributed by atoms with E-state index in [1.165, 1.54) is 6.20 Å². The molecule has 0 radical (unpaired) electrons. The molecule has 0 fully saturated rings. The van der Waals surface area contributed by atoms with Gasteiger partial charge in [-0.1, -0.05) is 0 Å². The van der Waals surface area contributed by atoms with Crippen molar-refractivity contribution in [3.05, 3.63) is 17.5 Å². The van der Waals surface area contributed by atoms with E-state index in [9.17, 15) is 4.79 Å². The van der Waals surface area contributed by atoms with Gasteiger partial charge in [0.15, 0.2) is 5.78 Å². The van der Waals surface area contributed by atoms with Crippen molar-refractivity contribution >= 4 is 11.7 Å². The number of anilines is 1. The molecule has 1 aliphatic rings. The second kappa shape index (κ2) is 3.34. The minimum Gasteiger partial charge on any atom is -0.396 e. The summed E-state index contributed by atoms with van der Waals surface area (Å²) in [6, 6.07) is 0. The summed E-state index contributed by atoms with van der Waals surface area (Å²) in [4.78, 5) is 19.3. The number of aliphatic hydroxyl groups is 1. The first-order chi connectivity index (χ1) is 6.70. The van der Waals surface area contributed by atoms with Crippen molar-refractivity contribution in [2.75, 3.05) is 12.3 Å². The van der Waals surface area contributed by atoms with Gasteiger partial charge in [0.25, 0.3) is 0 Å². The largest absolute Gasteiger partial charge is 0.396 e. The van der Waals surface area contributed by atoms with E-state index in [0.29, 0.717) is 24.1 Å². The molecule has 0 amide bonds. The number of aliphatic hydroxyl groups excluding tert-OH is 1. The first-order valence-electron chi connectivity index (χ1n) is 4.46. The maximum Gasteiger partial charge on any atom is 0.220 e. The Hall–Kier alpha value is -1.49. The summed E-state index contributed by atoms with van der Waals surface area (Å²) < 4.78 is 0. The zero-order chi connectivity index (χ0) is 10.1. The highest BCUT2D eigenvalue weighted by molar-refractivity contribution is 5.98. The maximum atomic E-state index is 11.5. The molecule has 1 unspecified atom stereocenters. The summed E-state index contributed by atoms with van der Waals surface area (Å²) in [5.41, 5.74) is 6.62. The lowest BCUT2D eigenvalue weighted by Crippen LogP contribution is -2.24. The molecule has 14 heavy (non-hydrogen) atoms. The first kappa shape index (κ1) is 9.08. The number of nitrogens with zero attached hydrogens (tertiary/aromatic N) is 2. The van der Waals surface area contributed by atoms with Crippen LogP contribution in [0.15, 0.2) is 6.20 Å². The van der Waals surface area contributed by atoms with Gasteiger partial charge in [-0.05, 0) is 12.3 Å². The van der Waals surface area contributed by atoms with Crippen LogP contribution in [0.2, 0.25) is 0 Å². The Morgan fingerprint density at radius 2 is 2.36 bits per heavy atom. The van der Waals surface area contributed by atoms with E-state index in [-0.39, 0.29) is 24.3 Å². The molecule has 0 spiro atoms. The lowest BCUT2D eigenvalue weighted by molar-refractivity contribution is 0.0916. The van der Waals surface area contributed by atoms with Crippen LogP contribution in [-0.4, -0.2) is 27.5 Å². The second-order valence-electron chi connectivity index (χ2n) is 3.47. The molecule has 2 rings (SSSR count). The molecular weight excluding hydrogens is 182 g/mol. The van der Waals surface area contributed by atoms with Crippen molar-refractivity contribution < 1.29 is 9.90 Å². The predicted octanol–water partition coefficient (Wildman–Crippen LogP) is -0.204. The normalized spacial score (nSPS) is 20.6. The van der Waals surface area contributed by atoms with Crippen molar-refractivity contribution in [2.45, 2.75) is 12.8 Å². The van der Waals surface area contributed by atoms with Gasteiger partial charge in [-0.15, -0.1) is 0 Å². The van der Waals surface area contributed by atoms with Gasteiger partial charge in [-0.25, -0.2) is 9.97 Å². The summed E-state index contributed by atoms with van der Waals surface area (Å²) in [5.74, 6) is 0.143. The number of fused-ring (bicyclic) bond motifs is 1. The van der Waals surface area contributed by atoms with Crippen molar-refractivity contribution in [3.63, 3.8) is 0 Å². The Morgan fingerprint density at radius 1 is 1.57 bits per heavy atom. The highest BCUT2D eigenvalue weighted by atomic mass is 16.3. The van der Waals surface area contributed by atoms with E-state index in [1.54, 1.807) is 0 Å². The molecule has 5 heteroatoms. The smallest absolute Gasteiger partial charge is 0.220 e. The third-order valence-corrected chi connectivity index (χ3v) is 2.40. The molecule has 0 saturated heterocycles. The number of rotatable bonds is 1. The highest BCUT2D eigenvalue weighted by Gasteiger charge is 2.26. The average molecular weight is 193 g/mol. The molecule has 1 aromatic heterocycles. The molecule has 0 aliphatic heterocycles. The van der Waals surface area contributed by atoms with E-state index in [0.717, 1.165) is 0 Å². The van der Waals surface area contributed by atoms with E-state index >= 15 is 0 Å². The predicted molar refractivity (Wildman–Crippen MR) is 49.7 cm³/mol. The number of hydrogen-bond donors (Lipinski definition) is 2. The topological polar surface area (TPSA) is 89.1 Å². The number of hydrogen-bond acceptors (Lipinski definition) is 5. The lowest BCUT2D eigenvalue weighted by Gasteiger charge is -2.20. The molecule has 0 aromatic carbocycles. The number of carbonyl (C=O) groups excluding carboxylic acids is 1. The third kappa shape index (κ3) is 1.46. The van der Waals surface area contributed by atoms with Gasteiger partial charge in [-0.2, -0.15) is 0 Å². The Balaban J connectivity index is 2.40. The molecular formula is C9H11N3O2. The van der Waals surface area contributed by atoms with Crippen LogP contribution in [0, 0.1) is 5.92 Å². The van der Waals surface area contributed by atoms with E-state index in [2.05, 4.69) is 9.97 Å². The fraction of sp³-hybridized carbons (Fsp3) is 0.444. The van der Waals surface area contributed by atoms with Crippen LogP contribution in [0.1, 0.15) is 22.5 Å². The SMILES string of the molecule is Nc1ncc2c(n1)CC(CO)CC2=O. The minimum absolute atomic E-state index is 0.00898. The molecule has 1 atom stereocenters. The number of nitrogen functional groups attached to an aromatic ring is 1. The van der Waals surface area contributed by atoms with Crippen LogP contribution < -0.4 is 5.73 Å². The van der Waals surface area contributed by atoms with E-state index in [4.69, 9.17) is 10.8 Å².